The number of aromatic nitrogens is 2. The van der Waals surface area contributed by atoms with Gasteiger partial charge in [0.1, 0.15) is 12.0 Å². The highest BCUT2D eigenvalue weighted by molar-refractivity contribution is 5.92. The molecule has 0 unspecified atom stereocenters. The number of hydrogen-bond donors (Lipinski definition) is 2. The van der Waals surface area contributed by atoms with E-state index >= 15 is 0 Å². The Labute approximate surface area is 188 Å². The molecular weight excluding hydrogens is 406 g/mol. The number of hydrogen-bond acceptors (Lipinski definition) is 6. The maximum atomic E-state index is 12.6. The minimum Gasteiger partial charge on any atom is -0.390 e. The summed E-state index contributed by atoms with van der Waals surface area (Å²) in [6, 6.07) is 10.1. The molecule has 32 heavy (non-hydrogen) atoms. The lowest BCUT2D eigenvalue weighted by Crippen LogP contribution is -2.42. The molecule has 1 fully saturated rings. The Hall–Kier alpha value is -2.84. The fraction of sp³-hybridized carbons (Fsp3) is 0.500. The van der Waals surface area contributed by atoms with Crippen molar-refractivity contribution in [1.82, 2.24) is 25.1 Å². The zero-order valence-corrected chi connectivity index (χ0v) is 18.5. The molecule has 0 saturated carbocycles. The lowest BCUT2D eigenvalue weighted by atomic mass is 10.00. The molecule has 2 aliphatic rings. The van der Waals surface area contributed by atoms with Gasteiger partial charge in [-0.05, 0) is 42.4 Å². The van der Waals surface area contributed by atoms with Crippen LogP contribution >= 0.6 is 0 Å². The van der Waals surface area contributed by atoms with E-state index in [1.54, 1.807) is 13.0 Å². The van der Waals surface area contributed by atoms with Gasteiger partial charge in [-0.15, -0.1) is 0 Å². The van der Waals surface area contributed by atoms with Gasteiger partial charge in [0.2, 0.25) is 5.91 Å². The van der Waals surface area contributed by atoms with E-state index in [0.717, 1.165) is 44.7 Å². The highest BCUT2D eigenvalue weighted by atomic mass is 16.3. The number of nitrogens with one attached hydrogen (secondary N) is 1. The molecule has 0 radical (unpaired) electrons. The highest BCUT2D eigenvalue weighted by Gasteiger charge is 2.25. The second-order valence-corrected chi connectivity index (χ2v) is 8.84. The van der Waals surface area contributed by atoms with Crippen molar-refractivity contribution in [3.8, 4) is 0 Å². The third-order valence-electron chi connectivity index (χ3n) is 6.36. The van der Waals surface area contributed by atoms with E-state index in [1.807, 2.05) is 11.0 Å². The fourth-order valence-corrected chi connectivity index (χ4v) is 4.59. The van der Waals surface area contributed by atoms with E-state index in [4.69, 9.17) is 0 Å². The molecule has 1 aromatic heterocycles. The quantitative estimate of drug-likeness (QED) is 0.672. The number of benzene rings is 1. The number of β-amino-alcohol motifs (C(OH)–C–C–N with tert-alkyl or cyclic N) is 1. The average molecular weight is 438 g/mol. The summed E-state index contributed by atoms with van der Waals surface area (Å²) in [6.07, 6.45) is 3.39. The third-order valence-corrected chi connectivity index (χ3v) is 6.36. The molecule has 2 N–H and O–H groups in total. The van der Waals surface area contributed by atoms with Crippen molar-refractivity contribution in [1.29, 1.82) is 0 Å². The van der Waals surface area contributed by atoms with Gasteiger partial charge >= 0.3 is 0 Å². The summed E-state index contributed by atoms with van der Waals surface area (Å²) in [5, 5.41) is 13.2. The van der Waals surface area contributed by atoms with Crippen molar-refractivity contribution in [3.63, 3.8) is 0 Å². The summed E-state index contributed by atoms with van der Waals surface area (Å²) in [7, 11) is 0. The Bertz CT molecular complexity index is 966. The van der Waals surface area contributed by atoms with Gasteiger partial charge < -0.3 is 15.3 Å². The largest absolute Gasteiger partial charge is 0.390 e. The summed E-state index contributed by atoms with van der Waals surface area (Å²) in [6.45, 7) is 5.50. The Morgan fingerprint density at radius 3 is 2.81 bits per heavy atom. The van der Waals surface area contributed by atoms with Crippen molar-refractivity contribution in [2.75, 3.05) is 32.7 Å². The van der Waals surface area contributed by atoms with Crippen LogP contribution in [0.15, 0.2) is 36.7 Å². The lowest BCUT2D eigenvalue weighted by Gasteiger charge is -2.30. The van der Waals surface area contributed by atoms with Crippen LogP contribution in [0.1, 0.15) is 40.7 Å². The number of fused-ring (bicyclic) bond motifs is 1. The number of rotatable bonds is 7. The molecule has 2 aliphatic heterocycles. The first-order valence-corrected chi connectivity index (χ1v) is 11.3. The summed E-state index contributed by atoms with van der Waals surface area (Å²) in [5.41, 5.74) is 3.78. The Morgan fingerprint density at radius 1 is 1.22 bits per heavy atom. The molecule has 2 amide bonds. The van der Waals surface area contributed by atoms with E-state index in [9.17, 15) is 14.7 Å². The second kappa shape index (κ2) is 10.2. The minimum absolute atomic E-state index is 0.0996. The highest BCUT2D eigenvalue weighted by Crippen LogP contribution is 2.20. The van der Waals surface area contributed by atoms with E-state index in [0.29, 0.717) is 24.6 Å². The van der Waals surface area contributed by atoms with E-state index in [-0.39, 0.29) is 18.4 Å². The maximum Gasteiger partial charge on any atom is 0.270 e. The van der Waals surface area contributed by atoms with E-state index < -0.39 is 6.10 Å². The van der Waals surface area contributed by atoms with Gasteiger partial charge in [0.15, 0.2) is 0 Å². The number of nitrogens with zero attached hydrogens (tertiary/aromatic N) is 4. The topological polar surface area (TPSA) is 98.7 Å². The molecule has 0 aliphatic carbocycles. The standard InChI is InChI=1S/C24H31N5O3/c1-17(30)29-9-6-18(13-29)10-21-11-23(27-16-26-21)24(32)25-12-22(31)15-28-8-7-19-4-2-3-5-20(19)14-28/h2-5,11,16,18,22,31H,6-10,12-15H2,1H3,(H,25,32)/t18-,22+/m1/s1. The summed E-state index contributed by atoms with van der Waals surface area (Å²) >= 11 is 0. The predicted molar refractivity (Wildman–Crippen MR) is 120 cm³/mol. The Kier molecular flexibility index (Phi) is 7.12. The average Bonchev–Trinajstić information content (AvgIpc) is 3.26. The van der Waals surface area contributed by atoms with Crippen LogP contribution in [0, 0.1) is 5.92 Å². The number of carbonyl (C=O) groups excluding carboxylic acids is 2. The van der Waals surface area contributed by atoms with Crippen LogP contribution in [0.25, 0.3) is 0 Å². The monoisotopic (exact) mass is 437 g/mol. The zero-order chi connectivity index (χ0) is 22.5. The smallest absolute Gasteiger partial charge is 0.270 e. The van der Waals surface area contributed by atoms with Crippen LogP contribution in [-0.4, -0.2) is 75.5 Å². The van der Waals surface area contributed by atoms with E-state index in [1.165, 1.54) is 17.5 Å². The van der Waals surface area contributed by atoms with Crippen LogP contribution in [0.4, 0.5) is 0 Å². The number of carbonyl (C=O) groups is 2. The number of aliphatic hydroxyl groups excluding tert-OH is 1. The van der Waals surface area contributed by atoms with Crippen molar-refractivity contribution in [3.05, 3.63) is 59.2 Å². The minimum atomic E-state index is -0.651. The molecule has 2 aromatic rings. The maximum absolute atomic E-state index is 12.6. The van der Waals surface area contributed by atoms with Crippen molar-refractivity contribution in [2.24, 2.45) is 5.92 Å². The summed E-state index contributed by atoms with van der Waals surface area (Å²) in [4.78, 5) is 36.5. The van der Waals surface area contributed by atoms with Crippen LogP contribution in [0.3, 0.4) is 0 Å². The first kappa shape index (κ1) is 22.4. The number of aliphatic hydroxyl groups is 1. The predicted octanol–water partition coefficient (Wildman–Crippen LogP) is 1.04. The van der Waals surface area contributed by atoms with Gasteiger partial charge in [0.05, 0.1) is 6.10 Å². The van der Waals surface area contributed by atoms with Crippen LogP contribution in [0.2, 0.25) is 0 Å². The van der Waals surface area contributed by atoms with E-state index in [2.05, 4.69) is 38.4 Å². The number of likely N-dealkylation sites (tertiary alicyclic amines) is 1. The molecular formula is C24H31N5O3. The van der Waals surface area contributed by atoms with Gasteiger partial charge in [0.25, 0.3) is 5.91 Å². The van der Waals surface area contributed by atoms with Gasteiger partial charge in [-0.25, -0.2) is 9.97 Å². The van der Waals surface area contributed by atoms with Crippen molar-refractivity contribution in [2.45, 2.75) is 38.8 Å². The zero-order valence-electron chi connectivity index (χ0n) is 18.5. The molecule has 0 spiro atoms. The summed E-state index contributed by atoms with van der Waals surface area (Å²) in [5.74, 6) is 0.136. The SMILES string of the molecule is CC(=O)N1CC[C@H](Cc2cc(C(=O)NC[C@H](O)CN3CCc4ccccc4C3)ncn2)C1. The molecule has 4 rings (SSSR count). The van der Waals surface area contributed by atoms with Crippen molar-refractivity contribution < 1.29 is 14.7 Å². The van der Waals surface area contributed by atoms with Gasteiger partial charge in [-0.3, -0.25) is 14.5 Å². The van der Waals surface area contributed by atoms with Crippen molar-refractivity contribution >= 4 is 11.8 Å². The first-order chi connectivity index (χ1) is 15.5. The lowest BCUT2D eigenvalue weighted by molar-refractivity contribution is -0.127. The second-order valence-electron chi connectivity index (χ2n) is 8.84. The molecule has 1 saturated heterocycles. The molecule has 8 heteroatoms. The van der Waals surface area contributed by atoms with Gasteiger partial charge in [-0.2, -0.15) is 0 Å². The first-order valence-electron chi connectivity index (χ1n) is 11.3. The van der Waals surface area contributed by atoms with Crippen LogP contribution in [0.5, 0.6) is 0 Å². The molecule has 170 valence electrons. The fourth-order valence-electron chi connectivity index (χ4n) is 4.59. The molecule has 8 nitrogen and oxygen atoms in total. The number of amides is 2. The Morgan fingerprint density at radius 2 is 2.03 bits per heavy atom. The normalized spacial score (nSPS) is 19.4. The van der Waals surface area contributed by atoms with Crippen LogP contribution < -0.4 is 5.32 Å². The molecule has 3 heterocycles. The third kappa shape index (κ3) is 5.69. The summed E-state index contributed by atoms with van der Waals surface area (Å²) < 4.78 is 0. The van der Waals surface area contributed by atoms with Gasteiger partial charge in [-0.1, -0.05) is 24.3 Å². The Balaban J connectivity index is 1.24. The van der Waals surface area contributed by atoms with Gasteiger partial charge in [0, 0.05) is 51.9 Å². The molecule has 1 aromatic carbocycles. The molecule has 0 bridgehead atoms. The van der Waals surface area contributed by atoms with Crippen LogP contribution in [-0.2, 0) is 24.2 Å². The molecule has 2 atom stereocenters.